The second-order valence-electron chi connectivity index (χ2n) is 10.2. The molecule has 0 fully saturated rings. The van der Waals surface area contributed by atoms with Gasteiger partial charge in [-0.25, -0.2) is 8.42 Å². The maximum Gasteiger partial charge on any atom is 0.264 e. The average Bonchev–Trinajstić information content (AvgIpc) is 2.89. The van der Waals surface area contributed by atoms with Crippen LogP contribution in [0.2, 0.25) is 10.0 Å². The molecule has 3 aromatic rings. The molecule has 10 heteroatoms. The number of sulfonamides is 1. The molecular weight excluding hydrogens is 557 g/mol. The number of halogens is 2. The van der Waals surface area contributed by atoms with Crippen molar-refractivity contribution in [2.75, 3.05) is 17.4 Å². The van der Waals surface area contributed by atoms with Crippen LogP contribution in [0.25, 0.3) is 0 Å². The maximum atomic E-state index is 13.9. The second-order valence-corrected chi connectivity index (χ2v) is 12.8. The molecule has 3 aromatic carbocycles. The number of carbonyl (C=O) groups is 2. The Labute approximate surface area is 240 Å². The number of nitrogens with one attached hydrogen (secondary N) is 1. The molecule has 7 nitrogen and oxygen atoms in total. The minimum Gasteiger partial charge on any atom is -0.350 e. The zero-order valence-corrected chi connectivity index (χ0v) is 24.7. The van der Waals surface area contributed by atoms with Gasteiger partial charge in [-0.3, -0.25) is 13.9 Å². The zero-order valence-electron chi connectivity index (χ0n) is 22.4. The van der Waals surface area contributed by atoms with Crippen molar-refractivity contribution >= 4 is 50.7 Å². The van der Waals surface area contributed by atoms with E-state index < -0.39 is 34.1 Å². The van der Waals surface area contributed by atoms with Gasteiger partial charge in [-0.05, 0) is 70.0 Å². The average molecular weight is 591 g/mol. The Morgan fingerprint density at radius 2 is 1.49 bits per heavy atom. The van der Waals surface area contributed by atoms with Gasteiger partial charge in [0.1, 0.15) is 12.6 Å². The maximum absolute atomic E-state index is 13.9. The fraction of sp³-hybridized carbons (Fsp3) is 0.310. The fourth-order valence-corrected chi connectivity index (χ4v) is 5.65. The quantitative estimate of drug-likeness (QED) is 0.335. The van der Waals surface area contributed by atoms with Crippen LogP contribution in [-0.4, -0.2) is 49.8 Å². The van der Waals surface area contributed by atoms with Crippen molar-refractivity contribution in [2.45, 2.75) is 50.6 Å². The molecule has 0 aliphatic carbocycles. The summed E-state index contributed by atoms with van der Waals surface area (Å²) in [5, 5.41) is 3.31. The van der Waals surface area contributed by atoms with Crippen LogP contribution in [0, 0.1) is 0 Å². The Bertz CT molecular complexity index is 1400. The first kappa shape index (κ1) is 30.5. The lowest BCUT2D eigenvalue weighted by Gasteiger charge is -2.33. The predicted molar refractivity (Wildman–Crippen MR) is 157 cm³/mol. The molecule has 39 heavy (non-hydrogen) atoms. The summed E-state index contributed by atoms with van der Waals surface area (Å²) in [6, 6.07) is 20.9. The summed E-state index contributed by atoms with van der Waals surface area (Å²) in [6.07, 6.45) is 0.484. The number of benzene rings is 3. The first-order chi connectivity index (χ1) is 18.3. The number of hydrogen-bond donors (Lipinski definition) is 1. The number of amides is 2. The van der Waals surface area contributed by atoms with Crippen LogP contribution in [0.3, 0.4) is 0 Å². The fourth-order valence-electron chi connectivity index (χ4n) is 3.93. The van der Waals surface area contributed by atoms with Gasteiger partial charge in [0.2, 0.25) is 11.8 Å². The molecule has 1 atom stereocenters. The Morgan fingerprint density at radius 3 is 2.05 bits per heavy atom. The van der Waals surface area contributed by atoms with Gasteiger partial charge in [-0.1, -0.05) is 71.7 Å². The minimum atomic E-state index is -4.17. The number of carbonyl (C=O) groups excluding carboxylic acids is 2. The number of anilines is 1. The van der Waals surface area contributed by atoms with Gasteiger partial charge in [0.05, 0.1) is 20.6 Å². The van der Waals surface area contributed by atoms with Gasteiger partial charge in [0, 0.05) is 12.1 Å². The van der Waals surface area contributed by atoms with Crippen LogP contribution in [0.4, 0.5) is 5.69 Å². The second kappa shape index (κ2) is 12.9. The molecule has 0 saturated heterocycles. The van der Waals surface area contributed by atoms with Crippen molar-refractivity contribution in [3.05, 3.63) is 94.5 Å². The summed E-state index contributed by atoms with van der Waals surface area (Å²) in [4.78, 5) is 28.4. The molecule has 0 unspecified atom stereocenters. The van der Waals surface area contributed by atoms with E-state index in [2.05, 4.69) is 5.32 Å². The highest BCUT2D eigenvalue weighted by Gasteiger charge is 2.33. The summed E-state index contributed by atoms with van der Waals surface area (Å²) in [5.74, 6) is -0.871. The topological polar surface area (TPSA) is 86.8 Å². The highest BCUT2D eigenvalue weighted by molar-refractivity contribution is 7.92. The highest BCUT2D eigenvalue weighted by atomic mass is 35.5. The number of hydrogen-bond acceptors (Lipinski definition) is 4. The van der Waals surface area contributed by atoms with Crippen LogP contribution < -0.4 is 9.62 Å². The van der Waals surface area contributed by atoms with Crippen molar-refractivity contribution in [1.82, 2.24) is 10.2 Å². The summed E-state index contributed by atoms with van der Waals surface area (Å²) in [5.41, 5.74) is 0.649. The summed E-state index contributed by atoms with van der Waals surface area (Å²) >= 11 is 12.3. The normalized spacial score (nSPS) is 12.5. The van der Waals surface area contributed by atoms with E-state index in [-0.39, 0.29) is 33.1 Å². The van der Waals surface area contributed by atoms with E-state index in [1.54, 1.807) is 25.1 Å². The van der Waals surface area contributed by atoms with E-state index in [9.17, 15) is 18.0 Å². The zero-order chi connectivity index (χ0) is 28.8. The molecule has 1 N–H and O–H groups in total. The van der Waals surface area contributed by atoms with Crippen molar-refractivity contribution in [3.8, 4) is 0 Å². The minimum absolute atomic E-state index is 0.0123. The Kier molecular flexibility index (Phi) is 10.0. The highest BCUT2D eigenvalue weighted by Crippen LogP contribution is 2.30. The third-order valence-corrected chi connectivity index (χ3v) is 8.48. The van der Waals surface area contributed by atoms with Gasteiger partial charge < -0.3 is 10.2 Å². The molecular formula is C29H33Cl2N3O4S. The molecule has 0 aliphatic heterocycles. The van der Waals surface area contributed by atoms with Crippen molar-refractivity contribution in [2.24, 2.45) is 0 Å². The summed E-state index contributed by atoms with van der Waals surface area (Å²) in [7, 11) is -4.17. The summed E-state index contributed by atoms with van der Waals surface area (Å²) in [6.45, 7) is 6.86. The van der Waals surface area contributed by atoms with Gasteiger partial charge in [0.15, 0.2) is 0 Å². The van der Waals surface area contributed by atoms with Gasteiger partial charge in [-0.15, -0.1) is 0 Å². The van der Waals surface area contributed by atoms with Crippen molar-refractivity contribution in [3.63, 3.8) is 0 Å². The van der Waals surface area contributed by atoms with Crippen LogP contribution >= 0.6 is 23.2 Å². The van der Waals surface area contributed by atoms with Gasteiger partial charge in [-0.2, -0.15) is 0 Å². The molecule has 0 aliphatic rings. The van der Waals surface area contributed by atoms with Gasteiger partial charge >= 0.3 is 0 Å². The Morgan fingerprint density at radius 1 is 0.897 bits per heavy atom. The Hall–Kier alpha value is -3.07. The third-order valence-electron chi connectivity index (χ3n) is 5.95. The smallest absolute Gasteiger partial charge is 0.264 e. The molecule has 208 valence electrons. The molecule has 0 bridgehead atoms. The lowest BCUT2D eigenvalue weighted by molar-refractivity contribution is -0.139. The van der Waals surface area contributed by atoms with Crippen LogP contribution in [0.1, 0.15) is 33.3 Å². The lowest BCUT2D eigenvalue weighted by atomic mass is 10.1. The first-order valence-corrected chi connectivity index (χ1v) is 14.7. The molecule has 3 rings (SSSR count). The monoisotopic (exact) mass is 589 g/mol. The lowest BCUT2D eigenvalue weighted by Crippen LogP contribution is -2.55. The van der Waals surface area contributed by atoms with E-state index in [1.807, 2.05) is 51.1 Å². The van der Waals surface area contributed by atoms with Crippen molar-refractivity contribution in [1.29, 1.82) is 0 Å². The number of nitrogens with zero attached hydrogens (tertiary/aromatic N) is 2. The number of rotatable bonds is 10. The van der Waals surface area contributed by atoms with E-state index in [0.29, 0.717) is 6.42 Å². The van der Waals surface area contributed by atoms with E-state index in [1.165, 1.54) is 35.2 Å². The van der Waals surface area contributed by atoms with Crippen LogP contribution in [0.15, 0.2) is 83.8 Å². The van der Waals surface area contributed by atoms with Crippen molar-refractivity contribution < 1.29 is 18.0 Å². The van der Waals surface area contributed by atoms with Crippen LogP contribution in [-0.2, 0) is 26.0 Å². The third kappa shape index (κ3) is 8.21. The van der Waals surface area contributed by atoms with E-state index in [0.717, 1.165) is 9.87 Å². The Balaban J connectivity index is 2.00. The summed E-state index contributed by atoms with van der Waals surface area (Å²) < 4.78 is 28.5. The van der Waals surface area contributed by atoms with E-state index in [4.69, 9.17) is 23.2 Å². The largest absolute Gasteiger partial charge is 0.350 e. The molecule has 0 heterocycles. The molecule has 0 saturated carbocycles. The van der Waals surface area contributed by atoms with Gasteiger partial charge in [0.25, 0.3) is 10.0 Å². The molecule has 0 aromatic heterocycles. The first-order valence-electron chi connectivity index (χ1n) is 12.5. The van der Waals surface area contributed by atoms with E-state index >= 15 is 0 Å². The molecule has 0 spiro atoms. The predicted octanol–water partition coefficient (Wildman–Crippen LogP) is 5.56. The molecule has 0 radical (unpaired) electrons. The standard InChI is InChI=1S/C29H33Cl2N3O4S/c1-21(28(36)32-29(2,3)4)33(18-17-22-11-7-5-8-12-22)27(35)20-34(23-15-16-25(30)26(31)19-23)39(37,38)24-13-9-6-10-14-24/h5-16,19,21H,17-18,20H2,1-4H3,(H,32,36)/t21-/m0/s1. The SMILES string of the molecule is C[C@@H](C(=O)NC(C)(C)C)N(CCc1ccccc1)C(=O)CN(c1ccc(Cl)c(Cl)c1)S(=O)(=O)c1ccccc1. The molecule has 2 amide bonds. The van der Waals surface area contributed by atoms with Crippen LogP contribution in [0.5, 0.6) is 0 Å².